The number of hydrogen-bond donors (Lipinski definition) is 2. The molecule has 0 aliphatic rings. The van der Waals surface area contributed by atoms with Crippen molar-refractivity contribution in [3.8, 4) is 11.7 Å². The summed E-state index contributed by atoms with van der Waals surface area (Å²) in [4.78, 5) is 25.5. The molecule has 2 rings (SSSR count). The van der Waals surface area contributed by atoms with Gasteiger partial charge in [0.2, 0.25) is 0 Å². The van der Waals surface area contributed by atoms with Crippen LogP contribution < -0.4 is 10.2 Å². The Hall–Kier alpha value is -3.43. The molecule has 1 heterocycles. The van der Waals surface area contributed by atoms with E-state index in [0.29, 0.717) is 6.61 Å². The minimum atomic E-state index is -0.739. The van der Waals surface area contributed by atoms with Crippen molar-refractivity contribution >= 4 is 17.8 Å². The number of phenols is 1. The number of hydrazone groups is 1. The van der Waals surface area contributed by atoms with Gasteiger partial charge in [0.15, 0.2) is 0 Å². The van der Waals surface area contributed by atoms with Crippen molar-refractivity contribution in [2.75, 3.05) is 6.61 Å². The molecular weight excluding hydrogens is 308 g/mol. The fourth-order valence-corrected chi connectivity index (χ4v) is 1.54. The zero-order valence-electron chi connectivity index (χ0n) is 11.9. The number of carbonyl (C=O) groups is 1. The van der Waals surface area contributed by atoms with Gasteiger partial charge in [0.25, 0.3) is 11.6 Å². The summed E-state index contributed by atoms with van der Waals surface area (Å²) in [6.07, 6.45) is 2.31. The fourth-order valence-electron chi connectivity index (χ4n) is 1.54. The molecule has 23 heavy (non-hydrogen) atoms. The number of nitro benzene ring substituents is 1. The second-order valence-corrected chi connectivity index (χ2v) is 4.12. The highest BCUT2D eigenvalue weighted by molar-refractivity contribution is 5.91. The first-order valence-electron chi connectivity index (χ1n) is 6.40. The maximum atomic E-state index is 11.7. The molecule has 0 radical (unpaired) electrons. The molecule has 0 saturated carbocycles. The molecule has 0 bridgehead atoms. The third kappa shape index (κ3) is 4.03. The third-order valence-electron chi connectivity index (χ3n) is 2.56. The molecule has 0 spiro atoms. The van der Waals surface area contributed by atoms with Crippen LogP contribution in [0.5, 0.6) is 11.7 Å². The van der Waals surface area contributed by atoms with E-state index in [1.807, 2.05) is 0 Å². The van der Waals surface area contributed by atoms with Gasteiger partial charge in [0.05, 0.1) is 17.7 Å². The van der Waals surface area contributed by atoms with E-state index >= 15 is 0 Å². The highest BCUT2D eigenvalue weighted by Gasteiger charge is 2.13. The quantitative estimate of drug-likeness (QED) is 0.466. The molecule has 0 unspecified atom stereocenters. The lowest BCUT2D eigenvalue weighted by Gasteiger charge is -1.99. The zero-order chi connectivity index (χ0) is 16.8. The molecule has 2 N–H and O–H groups in total. The number of phenolic OH excluding ortho intramolecular Hbond substituents is 1. The Morgan fingerprint density at radius 3 is 3.09 bits per heavy atom. The van der Waals surface area contributed by atoms with Gasteiger partial charge in [-0.05, 0) is 13.0 Å². The maximum Gasteiger partial charge on any atom is 0.327 e. The number of benzene rings is 1. The number of carbonyl (C=O) groups excluding carboxylic acids is 1. The van der Waals surface area contributed by atoms with Gasteiger partial charge in [-0.2, -0.15) is 5.10 Å². The second-order valence-electron chi connectivity index (χ2n) is 4.12. The van der Waals surface area contributed by atoms with E-state index in [1.165, 1.54) is 6.20 Å². The number of ether oxygens (including phenoxy) is 1. The van der Waals surface area contributed by atoms with Crippen LogP contribution in [0.1, 0.15) is 23.2 Å². The predicted molar refractivity (Wildman–Crippen MR) is 77.5 cm³/mol. The standard InChI is InChI=1S/C13H12N4O6/c1-2-22-11-7-14-13(23-11)12(19)16-15-6-8-5-9(17(20)21)3-4-10(8)18/h3-7,18H,2H2,1H3,(H,16,19)/b15-6+. The summed E-state index contributed by atoms with van der Waals surface area (Å²) < 4.78 is 10.0. The third-order valence-corrected chi connectivity index (χ3v) is 2.56. The van der Waals surface area contributed by atoms with Crippen molar-refractivity contribution in [3.05, 3.63) is 46.0 Å². The Kier molecular flexibility index (Phi) is 4.87. The molecule has 0 aliphatic heterocycles. The average molecular weight is 320 g/mol. The summed E-state index contributed by atoms with van der Waals surface area (Å²) in [5, 5.41) is 23.8. The number of aromatic nitrogens is 1. The molecule has 10 nitrogen and oxygen atoms in total. The van der Waals surface area contributed by atoms with Crippen LogP contribution in [-0.4, -0.2) is 33.7 Å². The number of hydrogen-bond acceptors (Lipinski definition) is 8. The molecule has 1 aromatic carbocycles. The van der Waals surface area contributed by atoms with E-state index < -0.39 is 10.8 Å². The number of nitrogens with one attached hydrogen (secondary N) is 1. The lowest BCUT2D eigenvalue weighted by molar-refractivity contribution is -0.384. The minimum Gasteiger partial charge on any atom is -0.507 e. The van der Waals surface area contributed by atoms with Gasteiger partial charge in [-0.1, -0.05) is 0 Å². The number of oxazole rings is 1. The van der Waals surface area contributed by atoms with Crippen LogP contribution in [0.4, 0.5) is 5.69 Å². The molecule has 1 amide bonds. The average Bonchev–Trinajstić information content (AvgIpc) is 2.98. The molecule has 10 heteroatoms. The van der Waals surface area contributed by atoms with E-state index in [1.54, 1.807) is 6.92 Å². The highest BCUT2D eigenvalue weighted by atomic mass is 16.6. The first-order valence-corrected chi connectivity index (χ1v) is 6.40. The highest BCUT2D eigenvalue weighted by Crippen LogP contribution is 2.21. The van der Waals surface area contributed by atoms with Gasteiger partial charge >= 0.3 is 11.9 Å². The van der Waals surface area contributed by atoms with Crippen LogP contribution in [-0.2, 0) is 0 Å². The summed E-state index contributed by atoms with van der Waals surface area (Å²) >= 11 is 0. The Bertz CT molecular complexity index is 755. The van der Waals surface area contributed by atoms with Crippen molar-refractivity contribution in [2.45, 2.75) is 6.92 Å². The van der Waals surface area contributed by atoms with Crippen LogP contribution in [0, 0.1) is 10.1 Å². The number of aromatic hydroxyl groups is 1. The molecule has 120 valence electrons. The monoisotopic (exact) mass is 320 g/mol. The number of nitrogens with zero attached hydrogens (tertiary/aromatic N) is 3. The summed E-state index contributed by atoms with van der Waals surface area (Å²) in [6.45, 7) is 2.11. The van der Waals surface area contributed by atoms with Crippen molar-refractivity contribution in [1.29, 1.82) is 0 Å². The maximum absolute atomic E-state index is 11.7. The molecule has 2 aromatic rings. The van der Waals surface area contributed by atoms with Gasteiger partial charge in [0.1, 0.15) is 11.9 Å². The molecule has 0 aliphatic carbocycles. The van der Waals surface area contributed by atoms with Crippen LogP contribution in [0.15, 0.2) is 33.9 Å². The van der Waals surface area contributed by atoms with Crippen LogP contribution in [0.2, 0.25) is 0 Å². The number of nitro groups is 1. The minimum absolute atomic E-state index is 0.0712. The van der Waals surface area contributed by atoms with Crippen LogP contribution >= 0.6 is 0 Å². The van der Waals surface area contributed by atoms with Crippen molar-refractivity contribution in [1.82, 2.24) is 10.4 Å². The smallest absolute Gasteiger partial charge is 0.327 e. The van der Waals surface area contributed by atoms with E-state index in [-0.39, 0.29) is 28.8 Å². The SMILES string of the molecule is CCOc1cnc(C(=O)N/N=C/c2cc([N+](=O)[O-])ccc2O)o1. The van der Waals surface area contributed by atoms with Crippen molar-refractivity contribution < 1.29 is 24.0 Å². The zero-order valence-corrected chi connectivity index (χ0v) is 11.9. The second kappa shape index (κ2) is 7.02. The Balaban J connectivity index is 2.04. The van der Waals surface area contributed by atoms with Crippen LogP contribution in [0.25, 0.3) is 0 Å². The summed E-state index contributed by atoms with van der Waals surface area (Å²) in [5.74, 6) is -1.12. The fraction of sp³-hybridized carbons (Fsp3) is 0.154. The van der Waals surface area contributed by atoms with E-state index in [4.69, 9.17) is 9.15 Å². The van der Waals surface area contributed by atoms with Gasteiger partial charge in [-0.15, -0.1) is 0 Å². The summed E-state index contributed by atoms with van der Waals surface area (Å²) in [6, 6.07) is 3.42. The van der Waals surface area contributed by atoms with E-state index in [9.17, 15) is 20.0 Å². The van der Waals surface area contributed by atoms with Crippen LogP contribution in [0.3, 0.4) is 0 Å². The lowest BCUT2D eigenvalue weighted by atomic mass is 10.2. The predicted octanol–water partition coefficient (Wildman–Crippen LogP) is 1.45. The molecule has 0 atom stereocenters. The number of rotatable bonds is 6. The van der Waals surface area contributed by atoms with Crippen molar-refractivity contribution in [3.63, 3.8) is 0 Å². The topological polar surface area (TPSA) is 140 Å². The Labute approximate surface area is 129 Å². The lowest BCUT2D eigenvalue weighted by Crippen LogP contribution is -2.17. The van der Waals surface area contributed by atoms with Gasteiger partial charge in [-0.25, -0.2) is 10.4 Å². The molecule has 0 fully saturated rings. The number of non-ortho nitro benzene ring substituents is 1. The van der Waals surface area contributed by atoms with E-state index in [2.05, 4.69) is 15.5 Å². The molecular formula is C13H12N4O6. The largest absolute Gasteiger partial charge is 0.507 e. The van der Waals surface area contributed by atoms with E-state index in [0.717, 1.165) is 24.4 Å². The summed E-state index contributed by atoms with van der Waals surface area (Å²) in [7, 11) is 0. The Morgan fingerprint density at radius 2 is 2.39 bits per heavy atom. The van der Waals surface area contributed by atoms with Gasteiger partial charge in [-0.3, -0.25) is 14.9 Å². The van der Waals surface area contributed by atoms with Gasteiger partial charge in [0, 0.05) is 17.7 Å². The molecule has 0 saturated heterocycles. The molecule has 1 aromatic heterocycles. The normalized spacial score (nSPS) is 10.7. The van der Waals surface area contributed by atoms with Crippen molar-refractivity contribution in [2.24, 2.45) is 5.10 Å². The first kappa shape index (κ1) is 15.9. The van der Waals surface area contributed by atoms with Gasteiger partial charge < -0.3 is 14.3 Å². The Morgan fingerprint density at radius 1 is 1.61 bits per heavy atom. The number of amides is 1. The summed E-state index contributed by atoms with van der Waals surface area (Å²) in [5.41, 5.74) is 1.97. The first-order chi connectivity index (χ1) is 11.0.